The third-order valence-corrected chi connectivity index (χ3v) is 4.12. The molecule has 0 atom stereocenters. The summed E-state index contributed by atoms with van der Waals surface area (Å²) in [6.07, 6.45) is 1.71. The zero-order chi connectivity index (χ0) is 10.7. The molecular formula is C9H11N3OS2. The number of aromatic nitrogens is 2. The van der Waals surface area contributed by atoms with Crippen molar-refractivity contribution in [1.82, 2.24) is 10.2 Å². The van der Waals surface area contributed by atoms with E-state index in [1.165, 1.54) is 0 Å². The van der Waals surface area contributed by atoms with Crippen molar-refractivity contribution in [2.75, 3.05) is 12.4 Å². The van der Waals surface area contributed by atoms with Gasteiger partial charge < -0.3 is 9.73 Å². The molecule has 2 rings (SSSR count). The van der Waals surface area contributed by atoms with E-state index in [1.54, 1.807) is 29.4 Å². The fourth-order valence-corrected chi connectivity index (χ4v) is 2.72. The molecule has 0 radical (unpaired) electrons. The van der Waals surface area contributed by atoms with Crippen LogP contribution in [0.3, 0.4) is 0 Å². The fraction of sp³-hybridized carbons (Fsp3) is 0.333. The van der Waals surface area contributed by atoms with Crippen LogP contribution in [0.4, 0.5) is 5.13 Å². The lowest BCUT2D eigenvalue weighted by atomic mass is 10.5. The highest BCUT2D eigenvalue weighted by Crippen LogP contribution is 2.28. The highest BCUT2D eigenvalue weighted by molar-refractivity contribution is 7.98. The van der Waals surface area contributed by atoms with Crippen LogP contribution in [-0.2, 0) is 5.75 Å². The maximum Gasteiger partial charge on any atom is 0.205 e. The molecular weight excluding hydrogens is 230 g/mol. The first-order chi connectivity index (χ1) is 7.29. The van der Waals surface area contributed by atoms with Gasteiger partial charge in [-0.2, -0.15) is 0 Å². The second-order valence-corrected chi connectivity index (χ2v) is 4.96. The average Bonchev–Trinajstić information content (AvgIpc) is 2.84. The summed E-state index contributed by atoms with van der Waals surface area (Å²) >= 11 is 3.29. The molecule has 0 spiro atoms. The Labute approximate surface area is 96.1 Å². The lowest BCUT2D eigenvalue weighted by Gasteiger charge is -1.94. The van der Waals surface area contributed by atoms with E-state index in [0.717, 1.165) is 26.5 Å². The van der Waals surface area contributed by atoms with Gasteiger partial charge in [0.25, 0.3) is 0 Å². The predicted octanol–water partition coefficient (Wildman–Crippen LogP) is 2.77. The van der Waals surface area contributed by atoms with Crippen molar-refractivity contribution >= 4 is 28.2 Å². The van der Waals surface area contributed by atoms with E-state index >= 15 is 0 Å². The SMILES string of the molecule is CNc1nnc(CSc2ccoc2C)s1. The van der Waals surface area contributed by atoms with Crippen LogP contribution in [0.5, 0.6) is 0 Å². The topological polar surface area (TPSA) is 51.0 Å². The van der Waals surface area contributed by atoms with Crippen molar-refractivity contribution in [2.24, 2.45) is 0 Å². The number of nitrogens with one attached hydrogen (secondary N) is 1. The first kappa shape index (κ1) is 10.5. The van der Waals surface area contributed by atoms with Crippen molar-refractivity contribution in [3.63, 3.8) is 0 Å². The van der Waals surface area contributed by atoms with Crippen LogP contribution in [0.2, 0.25) is 0 Å². The van der Waals surface area contributed by atoms with Gasteiger partial charge in [0.15, 0.2) is 0 Å². The maximum absolute atomic E-state index is 5.21. The summed E-state index contributed by atoms with van der Waals surface area (Å²) in [5, 5.41) is 12.9. The van der Waals surface area contributed by atoms with Crippen molar-refractivity contribution < 1.29 is 4.42 Å². The minimum Gasteiger partial charge on any atom is -0.468 e. The van der Waals surface area contributed by atoms with Crippen LogP contribution >= 0.6 is 23.1 Å². The van der Waals surface area contributed by atoms with Gasteiger partial charge in [-0.3, -0.25) is 0 Å². The largest absolute Gasteiger partial charge is 0.468 e. The minimum atomic E-state index is 0.833. The molecule has 0 unspecified atom stereocenters. The van der Waals surface area contributed by atoms with E-state index in [4.69, 9.17) is 4.42 Å². The van der Waals surface area contributed by atoms with Crippen LogP contribution in [0, 0.1) is 6.92 Å². The summed E-state index contributed by atoms with van der Waals surface area (Å²) in [7, 11) is 1.84. The molecule has 0 amide bonds. The number of anilines is 1. The Morgan fingerprint density at radius 3 is 3.00 bits per heavy atom. The van der Waals surface area contributed by atoms with Gasteiger partial charge in [0.2, 0.25) is 5.13 Å². The Bertz CT molecular complexity index is 438. The lowest BCUT2D eigenvalue weighted by molar-refractivity contribution is 0.527. The standard InChI is InChI=1S/C9H11N3OS2/c1-6-7(3-4-13-6)14-5-8-11-12-9(10-2)15-8/h3-4H,5H2,1-2H3,(H,10,12). The van der Waals surface area contributed by atoms with E-state index in [-0.39, 0.29) is 0 Å². The summed E-state index contributed by atoms with van der Waals surface area (Å²) in [5.74, 6) is 1.79. The number of furan rings is 1. The fourth-order valence-electron chi connectivity index (χ4n) is 1.08. The molecule has 0 aliphatic heterocycles. The molecule has 4 nitrogen and oxygen atoms in total. The normalized spacial score (nSPS) is 10.5. The Morgan fingerprint density at radius 1 is 1.53 bits per heavy atom. The third kappa shape index (κ3) is 2.51. The number of thioether (sulfide) groups is 1. The maximum atomic E-state index is 5.21. The van der Waals surface area contributed by atoms with Gasteiger partial charge in [0.1, 0.15) is 10.8 Å². The molecule has 0 bridgehead atoms. The first-order valence-corrected chi connectivity index (χ1v) is 6.27. The Hall–Kier alpha value is -1.01. The van der Waals surface area contributed by atoms with Crippen molar-refractivity contribution in [3.8, 4) is 0 Å². The third-order valence-electron chi connectivity index (χ3n) is 1.84. The van der Waals surface area contributed by atoms with Crippen LogP contribution < -0.4 is 5.32 Å². The van der Waals surface area contributed by atoms with Gasteiger partial charge in [0.05, 0.1) is 12.0 Å². The van der Waals surface area contributed by atoms with Crippen molar-refractivity contribution in [2.45, 2.75) is 17.6 Å². The van der Waals surface area contributed by atoms with Gasteiger partial charge in [-0.15, -0.1) is 22.0 Å². The molecule has 15 heavy (non-hydrogen) atoms. The number of rotatable bonds is 4. The summed E-state index contributed by atoms with van der Waals surface area (Å²) < 4.78 is 5.21. The van der Waals surface area contributed by atoms with Gasteiger partial charge in [-0.1, -0.05) is 11.3 Å². The molecule has 0 aromatic carbocycles. The number of hydrogen-bond acceptors (Lipinski definition) is 6. The molecule has 0 aliphatic rings. The molecule has 0 fully saturated rings. The molecule has 2 aromatic heterocycles. The lowest BCUT2D eigenvalue weighted by Crippen LogP contribution is -1.84. The molecule has 2 heterocycles. The monoisotopic (exact) mass is 241 g/mol. The summed E-state index contributed by atoms with van der Waals surface area (Å²) in [6, 6.07) is 1.97. The average molecular weight is 241 g/mol. The zero-order valence-corrected chi connectivity index (χ0v) is 10.1. The zero-order valence-electron chi connectivity index (χ0n) is 8.48. The van der Waals surface area contributed by atoms with E-state index in [0.29, 0.717) is 0 Å². The van der Waals surface area contributed by atoms with Crippen LogP contribution in [0.1, 0.15) is 10.8 Å². The molecule has 0 saturated heterocycles. The highest BCUT2D eigenvalue weighted by atomic mass is 32.2. The molecule has 0 saturated carbocycles. The Kier molecular flexibility index (Phi) is 3.27. The molecule has 1 N–H and O–H groups in total. The second-order valence-electron chi connectivity index (χ2n) is 2.88. The Balaban J connectivity index is 1.96. The summed E-state index contributed by atoms with van der Waals surface area (Å²) in [4.78, 5) is 1.16. The number of nitrogens with zero attached hydrogens (tertiary/aromatic N) is 2. The van der Waals surface area contributed by atoms with E-state index in [9.17, 15) is 0 Å². The first-order valence-electron chi connectivity index (χ1n) is 4.46. The van der Waals surface area contributed by atoms with Crippen LogP contribution in [-0.4, -0.2) is 17.2 Å². The smallest absolute Gasteiger partial charge is 0.205 e. The van der Waals surface area contributed by atoms with Gasteiger partial charge in [-0.25, -0.2) is 0 Å². The van der Waals surface area contributed by atoms with Crippen LogP contribution in [0.25, 0.3) is 0 Å². The van der Waals surface area contributed by atoms with Crippen molar-refractivity contribution in [1.29, 1.82) is 0 Å². The predicted molar refractivity (Wildman–Crippen MR) is 62.5 cm³/mol. The Morgan fingerprint density at radius 2 is 2.40 bits per heavy atom. The summed E-state index contributed by atoms with van der Waals surface area (Å²) in [6.45, 7) is 1.96. The molecule has 0 aliphatic carbocycles. The number of hydrogen-bond donors (Lipinski definition) is 1. The summed E-state index contributed by atoms with van der Waals surface area (Å²) in [5.41, 5.74) is 0. The quantitative estimate of drug-likeness (QED) is 0.834. The van der Waals surface area contributed by atoms with E-state index in [1.807, 2.05) is 20.0 Å². The van der Waals surface area contributed by atoms with E-state index in [2.05, 4.69) is 15.5 Å². The molecule has 6 heteroatoms. The van der Waals surface area contributed by atoms with Crippen LogP contribution in [0.15, 0.2) is 21.6 Å². The van der Waals surface area contributed by atoms with Gasteiger partial charge in [-0.05, 0) is 13.0 Å². The van der Waals surface area contributed by atoms with Gasteiger partial charge >= 0.3 is 0 Å². The highest BCUT2D eigenvalue weighted by Gasteiger charge is 2.06. The van der Waals surface area contributed by atoms with E-state index < -0.39 is 0 Å². The minimum absolute atomic E-state index is 0.833. The van der Waals surface area contributed by atoms with Gasteiger partial charge in [0, 0.05) is 11.9 Å². The van der Waals surface area contributed by atoms with Crippen molar-refractivity contribution in [3.05, 3.63) is 23.1 Å². The second kappa shape index (κ2) is 4.67. The number of aryl methyl sites for hydroxylation is 1. The molecule has 2 aromatic rings. The molecule has 80 valence electrons.